The first-order chi connectivity index (χ1) is 36.9. The van der Waals surface area contributed by atoms with Gasteiger partial charge in [-0.05, 0) is 172 Å². The third kappa shape index (κ3) is 13.2. The van der Waals surface area contributed by atoms with Crippen LogP contribution in [0.3, 0.4) is 0 Å². The number of methoxy groups -OCH3 is 2. The van der Waals surface area contributed by atoms with E-state index < -0.39 is 27.4 Å². The van der Waals surface area contributed by atoms with E-state index in [1.807, 2.05) is 50.3 Å². The number of ether oxygens (including phenoxy) is 2. The molecule has 0 heterocycles. The average Bonchev–Trinajstić information content (AvgIpc) is 3.52. The van der Waals surface area contributed by atoms with Crippen molar-refractivity contribution < 1.29 is 29.0 Å². The van der Waals surface area contributed by atoms with E-state index in [1.165, 1.54) is 109 Å². The van der Waals surface area contributed by atoms with Crippen LogP contribution in [0.2, 0.25) is 0 Å². The molecule has 9 aromatic carbocycles. The number of hydrogen-bond acceptors (Lipinski definition) is 2. The van der Waals surface area contributed by atoms with Crippen LogP contribution in [0, 0.1) is 67.4 Å². The number of rotatable bonds is 13. The van der Waals surface area contributed by atoms with Crippen LogP contribution in [0.1, 0.15) is 63.9 Å². The van der Waals surface area contributed by atoms with Gasteiger partial charge in [-0.2, -0.15) is 6.08 Å². The second kappa shape index (κ2) is 26.1. The molecule has 2 atom stereocenters. The molecule has 0 aromatic heterocycles. The fourth-order valence-corrected chi connectivity index (χ4v) is 17.5. The summed E-state index contributed by atoms with van der Waals surface area (Å²) < 4.78 is 10.4. The third-order valence-corrected chi connectivity index (χ3v) is 19.8. The van der Waals surface area contributed by atoms with Gasteiger partial charge in [-0.25, -0.2) is 0 Å². The Hall–Kier alpha value is -5.92. The summed E-state index contributed by atoms with van der Waals surface area (Å²) in [7, 11) is 0.788. The van der Waals surface area contributed by atoms with Crippen molar-refractivity contribution in [3.8, 4) is 16.9 Å². The second-order valence-corrected chi connectivity index (χ2v) is 26.1. The van der Waals surface area contributed by atoms with Crippen molar-refractivity contribution in [1.82, 2.24) is 0 Å². The molecule has 2 N–H and O–H groups in total. The normalized spacial score (nSPS) is 13.2. The summed E-state index contributed by atoms with van der Waals surface area (Å²) in [6.45, 7) is 21.9. The van der Waals surface area contributed by atoms with Gasteiger partial charge in [0.25, 0.3) is 0 Å². The number of nitrogens with one attached hydrogen (secondary N) is 2. The molecule has 0 saturated heterocycles. The molecule has 0 saturated carbocycles. The first-order valence-electron chi connectivity index (χ1n) is 26.7. The fraction of sp³-hybridized carbons (Fsp3) is 0.211. The van der Waals surface area contributed by atoms with Crippen LogP contribution in [0.5, 0.6) is 5.75 Å². The standard InChI is InChI=1S/C52H48P2.C19H23N2O2.ClH.Ru/c1-33-21-34(2)26-43(25-33)53(44-27-35(3)22-36(4)28-44)49-19-17-41-13-9-11-15-47(41)51(49)52-48-16-12-10-14-42(48)18-20-50(52)54(45-29-37(5)23-38(6)30-45)46-31-39(7)24-40(8)32-46;1-13(2)18(20)19(21,14-5-9-16(22-3)10-6-14)15-7-11-17(23-4)12-8-15;;/h9-32H,1-8H3;5-7,9-13,18,20-21H,1-4H3;1H;/q;-3;;+2/p+1/t;18?,19-;;/m.1../s1. The Morgan fingerprint density at radius 2 is 1.00 bits per heavy atom. The maximum atomic E-state index is 9.09. The minimum Gasteiger partial charge on any atom is -0.675 e. The van der Waals surface area contributed by atoms with Gasteiger partial charge in [-0.15, -0.1) is 41.7 Å². The van der Waals surface area contributed by atoms with E-state index in [0.29, 0.717) is 11.7 Å². The molecule has 0 spiro atoms. The predicted octanol–water partition coefficient (Wildman–Crippen LogP) is 16.6. The number of aryl methyl sites for hydroxylation is 8. The predicted molar refractivity (Wildman–Crippen MR) is 344 cm³/mol. The molecule has 0 aliphatic heterocycles. The van der Waals surface area contributed by atoms with E-state index in [1.54, 1.807) is 20.3 Å². The van der Waals surface area contributed by atoms with Gasteiger partial charge < -0.3 is 20.9 Å². The zero-order valence-electron chi connectivity index (χ0n) is 47.6. The Kier molecular flexibility index (Phi) is 20.1. The van der Waals surface area contributed by atoms with Gasteiger partial charge in [-0.1, -0.05) is 175 Å². The average molecular weight is 1180 g/mol. The fourth-order valence-electron chi connectivity index (χ4n) is 11.4. The second-order valence-electron chi connectivity index (χ2n) is 21.4. The Morgan fingerprint density at radius 1 is 0.557 bits per heavy atom. The van der Waals surface area contributed by atoms with Gasteiger partial charge in [0.15, 0.2) is 0 Å². The Bertz CT molecular complexity index is 3380. The van der Waals surface area contributed by atoms with E-state index in [4.69, 9.17) is 20.9 Å². The SMILES string of the molecule is COc1ccc([C@@]([NH-])(C2=C=C[C-](OC)C=C2)C([NH-])C(C)C)cc1.Cc1cc(C)cc(P(c2cc(C)cc(C)c2)c2ccc3ccccc3c2-c2c([PH+](c3cc(C)cc(C)c3)c3cc(C)cc(C)c3)ccc3ccccc23)c1.Cl.[Ru+2]. The Balaban J connectivity index is 0.000000305. The monoisotopic (exact) mass is 1180 g/mol. The van der Waals surface area contributed by atoms with Crippen molar-refractivity contribution in [2.45, 2.75) is 80.8 Å². The molecule has 404 valence electrons. The molecule has 79 heavy (non-hydrogen) atoms. The van der Waals surface area contributed by atoms with Crippen LogP contribution in [0.4, 0.5) is 0 Å². The molecule has 9 aromatic rings. The summed E-state index contributed by atoms with van der Waals surface area (Å²) in [5.41, 5.74) is 34.3. The molecule has 0 fully saturated rings. The largest absolute Gasteiger partial charge is 2.00 e. The van der Waals surface area contributed by atoms with Gasteiger partial charge in [0, 0.05) is 18.2 Å². The van der Waals surface area contributed by atoms with Crippen LogP contribution in [0.15, 0.2) is 199 Å². The molecule has 0 amide bonds. The summed E-state index contributed by atoms with van der Waals surface area (Å²) in [6.07, 6.45) is 6.04. The number of benzene rings is 9. The molecule has 1 aliphatic rings. The van der Waals surface area contributed by atoms with Crippen LogP contribution >= 0.6 is 28.3 Å². The van der Waals surface area contributed by atoms with Gasteiger partial charge >= 0.3 is 19.5 Å². The zero-order valence-corrected chi connectivity index (χ0v) is 52.0. The van der Waals surface area contributed by atoms with Gasteiger partial charge in [-0.3, -0.25) is 5.73 Å². The zero-order chi connectivity index (χ0) is 54.7. The summed E-state index contributed by atoms with van der Waals surface area (Å²) in [5.74, 6) is 0.769. The van der Waals surface area contributed by atoms with Crippen molar-refractivity contribution in [1.29, 1.82) is 0 Å². The molecule has 1 aliphatic carbocycles. The molecule has 0 radical (unpaired) electrons. The third-order valence-electron chi connectivity index (χ3n) is 14.7. The first kappa shape index (κ1) is 60.7. The smallest absolute Gasteiger partial charge is 0.675 e. The molecular formula is C71H73ClN2O2P2Ru. The first-order valence-corrected chi connectivity index (χ1v) is 29.5. The maximum absolute atomic E-state index is 9.09. The van der Waals surface area contributed by atoms with Crippen molar-refractivity contribution >= 4 is 81.6 Å². The van der Waals surface area contributed by atoms with E-state index >= 15 is 0 Å². The van der Waals surface area contributed by atoms with Gasteiger partial charge in [0.05, 0.1) is 15.0 Å². The Labute approximate surface area is 492 Å². The molecular weight excluding hydrogens is 1110 g/mol. The van der Waals surface area contributed by atoms with E-state index in [0.717, 1.165) is 11.3 Å². The number of fused-ring (bicyclic) bond motifs is 2. The quantitative estimate of drug-likeness (QED) is 0.0500. The summed E-state index contributed by atoms with van der Waals surface area (Å²) >= 11 is 0. The van der Waals surface area contributed by atoms with Crippen LogP contribution in [0.25, 0.3) is 44.1 Å². The van der Waals surface area contributed by atoms with E-state index in [-0.39, 0.29) is 37.8 Å². The summed E-state index contributed by atoms with van der Waals surface area (Å²) in [5, 5.41) is 13.7. The topological polar surface area (TPSA) is 66.1 Å². The molecule has 8 heteroatoms. The molecule has 0 bridgehead atoms. The minimum atomic E-state index is -1.49. The minimum absolute atomic E-state index is 0. The number of halogens is 1. The Morgan fingerprint density at radius 3 is 1.43 bits per heavy atom. The molecule has 10 rings (SSSR count). The van der Waals surface area contributed by atoms with Crippen molar-refractivity contribution in [3.05, 3.63) is 267 Å². The van der Waals surface area contributed by atoms with Gasteiger partial charge in [0.1, 0.15) is 21.7 Å². The summed E-state index contributed by atoms with van der Waals surface area (Å²) in [6, 6.07) is 63.5. The van der Waals surface area contributed by atoms with E-state index in [2.05, 4.69) is 207 Å². The van der Waals surface area contributed by atoms with Crippen molar-refractivity contribution in [3.63, 3.8) is 0 Å². The van der Waals surface area contributed by atoms with E-state index in [9.17, 15) is 0 Å². The van der Waals surface area contributed by atoms with Crippen LogP contribution < -0.4 is 36.6 Å². The van der Waals surface area contributed by atoms with Gasteiger partial charge in [0.2, 0.25) is 0 Å². The molecule has 4 nitrogen and oxygen atoms in total. The van der Waals surface area contributed by atoms with Crippen LogP contribution in [-0.2, 0) is 29.8 Å². The maximum Gasteiger partial charge on any atom is 2.00 e. The summed E-state index contributed by atoms with van der Waals surface area (Å²) in [4.78, 5) is 0. The molecule has 1 unspecified atom stereocenters. The number of hydrogen-bond donors (Lipinski definition) is 0. The van der Waals surface area contributed by atoms with Crippen molar-refractivity contribution in [2.75, 3.05) is 14.2 Å². The van der Waals surface area contributed by atoms with Crippen LogP contribution in [-0.4, -0.2) is 20.3 Å². The van der Waals surface area contributed by atoms with Crippen molar-refractivity contribution in [2.24, 2.45) is 5.92 Å².